The first kappa shape index (κ1) is 24.0. The normalized spacial score (nSPS) is 14.6. The van der Waals surface area contributed by atoms with E-state index in [9.17, 15) is 9.90 Å². The van der Waals surface area contributed by atoms with Gasteiger partial charge in [-0.1, -0.05) is 60.7 Å². The molecule has 6 nitrogen and oxygen atoms in total. The molecule has 180 valence electrons. The minimum atomic E-state index is -0.920. The molecule has 0 amide bonds. The summed E-state index contributed by atoms with van der Waals surface area (Å²) < 4.78 is 17.4. The number of carbonyl (C=O) groups is 1. The SMILES string of the molecule is COc1cc(OCc2cccc(-c3ccccc3)c2C)cc(OC)c1CN1C=CC=C[C@H]1C(=O)O. The summed E-state index contributed by atoms with van der Waals surface area (Å²) >= 11 is 0. The van der Waals surface area contributed by atoms with E-state index in [-0.39, 0.29) is 0 Å². The first-order valence-corrected chi connectivity index (χ1v) is 11.4. The number of hydrogen-bond acceptors (Lipinski definition) is 5. The highest BCUT2D eigenvalue weighted by Crippen LogP contribution is 2.36. The third kappa shape index (κ3) is 5.32. The minimum Gasteiger partial charge on any atom is -0.496 e. The molecule has 4 rings (SSSR count). The quantitative estimate of drug-likeness (QED) is 0.438. The lowest BCUT2D eigenvalue weighted by atomic mass is 9.97. The molecule has 0 unspecified atom stereocenters. The van der Waals surface area contributed by atoms with Crippen molar-refractivity contribution in [3.05, 3.63) is 102 Å². The summed E-state index contributed by atoms with van der Waals surface area (Å²) in [5, 5.41) is 9.57. The summed E-state index contributed by atoms with van der Waals surface area (Å²) in [5.41, 5.74) is 5.34. The molecular weight excluding hydrogens is 442 g/mol. The molecule has 0 aliphatic carbocycles. The number of methoxy groups -OCH3 is 2. The second-order valence-corrected chi connectivity index (χ2v) is 8.23. The average molecular weight is 472 g/mol. The number of carboxylic acid groups (broad SMARTS) is 1. The maximum atomic E-state index is 11.7. The third-order valence-corrected chi connectivity index (χ3v) is 6.14. The molecule has 1 aliphatic heterocycles. The van der Waals surface area contributed by atoms with E-state index in [4.69, 9.17) is 14.2 Å². The summed E-state index contributed by atoms with van der Waals surface area (Å²) in [5.74, 6) is 0.829. The molecule has 0 saturated carbocycles. The van der Waals surface area contributed by atoms with Crippen molar-refractivity contribution >= 4 is 5.97 Å². The molecule has 0 aromatic heterocycles. The number of benzene rings is 3. The zero-order valence-electron chi connectivity index (χ0n) is 20.1. The van der Waals surface area contributed by atoms with Crippen molar-refractivity contribution < 1.29 is 24.1 Å². The fourth-order valence-electron chi connectivity index (χ4n) is 4.22. The Hall–Kier alpha value is -4.19. The highest BCUT2D eigenvalue weighted by molar-refractivity contribution is 5.76. The second-order valence-electron chi connectivity index (χ2n) is 8.23. The van der Waals surface area contributed by atoms with E-state index in [1.54, 1.807) is 37.5 Å². The van der Waals surface area contributed by atoms with Gasteiger partial charge in [0.1, 0.15) is 29.9 Å². The van der Waals surface area contributed by atoms with Crippen molar-refractivity contribution in [2.45, 2.75) is 26.1 Å². The Bertz CT molecular complexity index is 1220. The lowest BCUT2D eigenvalue weighted by molar-refractivity contribution is -0.140. The largest absolute Gasteiger partial charge is 0.496 e. The summed E-state index contributed by atoms with van der Waals surface area (Å²) in [6.45, 7) is 2.80. The summed E-state index contributed by atoms with van der Waals surface area (Å²) in [4.78, 5) is 13.4. The van der Waals surface area contributed by atoms with Crippen LogP contribution in [0.2, 0.25) is 0 Å². The van der Waals surface area contributed by atoms with Gasteiger partial charge in [-0.3, -0.25) is 0 Å². The van der Waals surface area contributed by atoms with Gasteiger partial charge in [-0.2, -0.15) is 0 Å². The monoisotopic (exact) mass is 471 g/mol. The van der Waals surface area contributed by atoms with Crippen LogP contribution >= 0.6 is 0 Å². The van der Waals surface area contributed by atoms with Crippen LogP contribution in [0.4, 0.5) is 0 Å². The maximum Gasteiger partial charge on any atom is 0.330 e. The van der Waals surface area contributed by atoms with Gasteiger partial charge in [0, 0.05) is 18.3 Å². The molecule has 35 heavy (non-hydrogen) atoms. The average Bonchev–Trinajstić information content (AvgIpc) is 2.89. The van der Waals surface area contributed by atoms with Crippen LogP contribution in [0.15, 0.2) is 85.1 Å². The zero-order valence-corrected chi connectivity index (χ0v) is 20.1. The number of allylic oxidation sites excluding steroid dienone is 2. The van der Waals surface area contributed by atoms with E-state index in [1.165, 1.54) is 16.7 Å². The Morgan fingerprint density at radius 1 is 0.971 bits per heavy atom. The Balaban J connectivity index is 1.57. The molecule has 0 spiro atoms. The van der Waals surface area contributed by atoms with Gasteiger partial charge in [0.05, 0.1) is 26.3 Å². The highest BCUT2D eigenvalue weighted by Gasteiger charge is 2.25. The van der Waals surface area contributed by atoms with Gasteiger partial charge in [0.2, 0.25) is 0 Å². The number of rotatable bonds is 9. The maximum absolute atomic E-state index is 11.7. The summed E-state index contributed by atoms with van der Waals surface area (Å²) in [6.07, 6.45) is 6.94. The molecule has 1 heterocycles. The first-order chi connectivity index (χ1) is 17.0. The molecule has 0 radical (unpaired) electrons. The Morgan fingerprint density at radius 2 is 1.69 bits per heavy atom. The molecule has 1 aliphatic rings. The second kappa shape index (κ2) is 10.8. The van der Waals surface area contributed by atoms with E-state index in [2.05, 4.69) is 31.2 Å². The molecule has 0 bridgehead atoms. The number of nitrogens with zero attached hydrogens (tertiary/aromatic N) is 1. The van der Waals surface area contributed by atoms with Crippen LogP contribution in [0.5, 0.6) is 17.2 Å². The fraction of sp³-hybridized carbons (Fsp3) is 0.207. The molecule has 3 aromatic rings. The Labute approximate surface area is 205 Å². The smallest absolute Gasteiger partial charge is 0.330 e. The van der Waals surface area contributed by atoms with Crippen molar-refractivity contribution in [2.24, 2.45) is 0 Å². The van der Waals surface area contributed by atoms with Crippen LogP contribution in [0.3, 0.4) is 0 Å². The van der Waals surface area contributed by atoms with Gasteiger partial charge in [-0.05, 0) is 35.3 Å². The van der Waals surface area contributed by atoms with Gasteiger partial charge < -0.3 is 24.2 Å². The van der Waals surface area contributed by atoms with Crippen LogP contribution in [-0.2, 0) is 17.9 Å². The predicted octanol–water partition coefficient (Wildman–Crippen LogP) is 5.60. The van der Waals surface area contributed by atoms with Crippen LogP contribution in [-0.4, -0.2) is 36.2 Å². The molecule has 1 atom stereocenters. The van der Waals surface area contributed by atoms with Crippen molar-refractivity contribution in [1.82, 2.24) is 4.90 Å². The first-order valence-electron chi connectivity index (χ1n) is 11.4. The van der Waals surface area contributed by atoms with Crippen molar-refractivity contribution in [1.29, 1.82) is 0 Å². The van der Waals surface area contributed by atoms with Crippen LogP contribution in [0.1, 0.15) is 16.7 Å². The van der Waals surface area contributed by atoms with Gasteiger partial charge >= 0.3 is 5.97 Å². The Kier molecular flexibility index (Phi) is 7.41. The zero-order chi connectivity index (χ0) is 24.8. The fourth-order valence-corrected chi connectivity index (χ4v) is 4.22. The Morgan fingerprint density at radius 3 is 2.34 bits per heavy atom. The lowest BCUT2D eigenvalue weighted by Gasteiger charge is -2.28. The standard InChI is InChI=1S/C29H29NO5/c1-20-22(12-9-13-24(20)21-10-5-4-6-11-21)19-35-23-16-27(33-2)25(28(17-23)34-3)18-30-15-8-7-14-26(30)29(31)32/h4-17,26H,18-19H2,1-3H3,(H,31,32)/t26-/m0/s1. The van der Waals surface area contributed by atoms with E-state index in [0.717, 1.165) is 11.1 Å². The van der Waals surface area contributed by atoms with Crippen LogP contribution in [0.25, 0.3) is 11.1 Å². The number of hydrogen-bond donors (Lipinski definition) is 1. The molecule has 3 aromatic carbocycles. The number of carboxylic acids is 1. The summed E-state index contributed by atoms with van der Waals surface area (Å²) in [7, 11) is 3.16. The topological polar surface area (TPSA) is 68.2 Å². The molecule has 0 saturated heterocycles. The molecule has 0 fully saturated rings. The van der Waals surface area contributed by atoms with E-state index in [0.29, 0.717) is 30.4 Å². The lowest BCUT2D eigenvalue weighted by Crippen LogP contribution is -2.36. The molecule has 1 N–H and O–H groups in total. The van der Waals surface area contributed by atoms with Crippen molar-refractivity contribution in [3.8, 4) is 28.4 Å². The minimum absolute atomic E-state index is 0.308. The van der Waals surface area contributed by atoms with Gasteiger partial charge in [-0.15, -0.1) is 0 Å². The van der Waals surface area contributed by atoms with Gasteiger partial charge in [0.25, 0.3) is 0 Å². The van der Waals surface area contributed by atoms with Crippen LogP contribution in [0, 0.1) is 6.92 Å². The van der Waals surface area contributed by atoms with E-state index < -0.39 is 12.0 Å². The van der Waals surface area contributed by atoms with Gasteiger partial charge in [-0.25, -0.2) is 4.79 Å². The van der Waals surface area contributed by atoms with E-state index >= 15 is 0 Å². The van der Waals surface area contributed by atoms with Gasteiger partial charge in [0.15, 0.2) is 0 Å². The highest BCUT2D eigenvalue weighted by atomic mass is 16.5. The number of aliphatic carboxylic acids is 1. The van der Waals surface area contributed by atoms with Crippen molar-refractivity contribution in [2.75, 3.05) is 14.2 Å². The third-order valence-electron chi connectivity index (χ3n) is 6.14. The van der Waals surface area contributed by atoms with Crippen LogP contribution < -0.4 is 14.2 Å². The summed E-state index contributed by atoms with van der Waals surface area (Å²) in [6, 6.07) is 19.4. The predicted molar refractivity (Wildman–Crippen MR) is 136 cm³/mol. The van der Waals surface area contributed by atoms with Crippen molar-refractivity contribution in [3.63, 3.8) is 0 Å². The van der Waals surface area contributed by atoms with E-state index in [1.807, 2.05) is 42.5 Å². The molecular formula is C29H29NO5. The molecule has 6 heteroatoms. The number of ether oxygens (including phenoxy) is 3.